The van der Waals surface area contributed by atoms with Gasteiger partial charge in [-0.2, -0.15) is 5.26 Å². The van der Waals surface area contributed by atoms with E-state index in [9.17, 15) is 0 Å². The Balaban J connectivity index is 2.08. The second-order valence-corrected chi connectivity index (χ2v) is 3.44. The standard InChI is InChI=1S/C14H11N/c15-11-14-9-7-13(8-10-14)6-5-12-3-1-2-4-12/h1-10,12H. The summed E-state index contributed by atoms with van der Waals surface area (Å²) in [6.07, 6.45) is 12.6. The number of nitrogens with zero attached hydrogens (tertiary/aromatic N) is 1. The largest absolute Gasteiger partial charge is 0.192 e. The third kappa shape index (κ3) is 2.45. The molecule has 0 aromatic heterocycles. The molecule has 1 aliphatic rings. The molecule has 2 rings (SSSR count). The molecule has 0 heterocycles. The molecule has 1 heteroatoms. The summed E-state index contributed by atoms with van der Waals surface area (Å²) in [4.78, 5) is 0. The maximum Gasteiger partial charge on any atom is 0.0991 e. The van der Waals surface area contributed by atoms with Crippen molar-refractivity contribution in [2.75, 3.05) is 0 Å². The van der Waals surface area contributed by atoms with Gasteiger partial charge < -0.3 is 0 Å². The number of nitriles is 1. The zero-order chi connectivity index (χ0) is 10.5. The minimum atomic E-state index is 0.417. The van der Waals surface area contributed by atoms with Gasteiger partial charge in [0.05, 0.1) is 11.6 Å². The van der Waals surface area contributed by atoms with Crippen LogP contribution in [0, 0.1) is 17.2 Å². The first-order chi connectivity index (χ1) is 7.38. The lowest BCUT2D eigenvalue weighted by molar-refractivity contribution is 1.10. The Labute approximate surface area is 89.7 Å². The van der Waals surface area contributed by atoms with Crippen LogP contribution in [-0.4, -0.2) is 0 Å². The second kappa shape index (κ2) is 4.43. The van der Waals surface area contributed by atoms with Crippen LogP contribution >= 0.6 is 0 Å². The SMILES string of the molecule is N#Cc1ccc(C=CC2C=CC=C2)cc1. The number of allylic oxidation sites excluding steroid dienone is 5. The Kier molecular flexibility index (Phi) is 2.80. The molecular weight excluding hydrogens is 182 g/mol. The Hall–Kier alpha value is -2.07. The molecule has 1 aromatic carbocycles. The molecule has 0 unspecified atom stereocenters. The van der Waals surface area contributed by atoms with Crippen molar-refractivity contribution in [1.29, 1.82) is 5.26 Å². The quantitative estimate of drug-likeness (QED) is 0.706. The smallest absolute Gasteiger partial charge is 0.0991 e. The van der Waals surface area contributed by atoms with Crippen molar-refractivity contribution < 1.29 is 0 Å². The van der Waals surface area contributed by atoms with Gasteiger partial charge in [-0.3, -0.25) is 0 Å². The monoisotopic (exact) mass is 193 g/mol. The average molecular weight is 193 g/mol. The van der Waals surface area contributed by atoms with Gasteiger partial charge in [-0.05, 0) is 17.7 Å². The second-order valence-electron chi connectivity index (χ2n) is 3.44. The van der Waals surface area contributed by atoms with Gasteiger partial charge >= 0.3 is 0 Å². The summed E-state index contributed by atoms with van der Waals surface area (Å²) in [6, 6.07) is 9.68. The molecule has 0 amide bonds. The fourth-order valence-electron chi connectivity index (χ4n) is 1.47. The molecule has 0 fully saturated rings. The highest BCUT2D eigenvalue weighted by atomic mass is 14.2. The highest BCUT2D eigenvalue weighted by molar-refractivity contribution is 5.52. The lowest BCUT2D eigenvalue weighted by atomic mass is 10.1. The van der Waals surface area contributed by atoms with E-state index in [4.69, 9.17) is 5.26 Å². The molecule has 0 saturated heterocycles. The fourth-order valence-corrected chi connectivity index (χ4v) is 1.47. The highest BCUT2D eigenvalue weighted by Crippen LogP contribution is 2.13. The van der Waals surface area contributed by atoms with Gasteiger partial charge in [-0.25, -0.2) is 0 Å². The highest BCUT2D eigenvalue weighted by Gasteiger charge is 1.97. The Morgan fingerprint density at radius 2 is 1.73 bits per heavy atom. The van der Waals surface area contributed by atoms with Crippen LogP contribution in [-0.2, 0) is 0 Å². The zero-order valence-corrected chi connectivity index (χ0v) is 8.30. The van der Waals surface area contributed by atoms with Crippen LogP contribution in [0.1, 0.15) is 11.1 Å². The maximum atomic E-state index is 8.64. The topological polar surface area (TPSA) is 23.8 Å². The van der Waals surface area contributed by atoms with E-state index in [-0.39, 0.29) is 0 Å². The van der Waals surface area contributed by atoms with E-state index >= 15 is 0 Å². The normalized spacial score (nSPS) is 14.9. The average Bonchev–Trinajstić information content (AvgIpc) is 2.80. The van der Waals surface area contributed by atoms with Crippen LogP contribution in [0.2, 0.25) is 0 Å². The van der Waals surface area contributed by atoms with Crippen LogP contribution in [0.3, 0.4) is 0 Å². The van der Waals surface area contributed by atoms with Gasteiger partial charge in [0.1, 0.15) is 0 Å². The lowest BCUT2D eigenvalue weighted by Gasteiger charge is -1.96. The molecule has 0 atom stereocenters. The van der Waals surface area contributed by atoms with Gasteiger partial charge in [-0.1, -0.05) is 48.6 Å². The first kappa shape index (κ1) is 9.48. The summed E-state index contributed by atoms with van der Waals surface area (Å²) < 4.78 is 0. The van der Waals surface area contributed by atoms with E-state index in [1.807, 2.05) is 36.4 Å². The third-order valence-corrected chi connectivity index (χ3v) is 2.33. The zero-order valence-electron chi connectivity index (χ0n) is 8.30. The predicted octanol–water partition coefficient (Wildman–Crippen LogP) is 3.31. The molecule has 0 aliphatic heterocycles. The summed E-state index contributed by atoms with van der Waals surface area (Å²) in [7, 11) is 0. The van der Waals surface area contributed by atoms with E-state index in [1.54, 1.807) is 0 Å². The minimum Gasteiger partial charge on any atom is -0.192 e. The molecule has 0 spiro atoms. The molecule has 1 nitrogen and oxygen atoms in total. The van der Waals surface area contributed by atoms with Crippen molar-refractivity contribution in [2.24, 2.45) is 5.92 Å². The van der Waals surface area contributed by atoms with Crippen molar-refractivity contribution in [1.82, 2.24) is 0 Å². The predicted molar refractivity (Wildman–Crippen MR) is 62.0 cm³/mol. The fraction of sp³-hybridized carbons (Fsp3) is 0.0714. The van der Waals surface area contributed by atoms with Crippen molar-refractivity contribution in [3.8, 4) is 6.07 Å². The lowest BCUT2D eigenvalue weighted by Crippen LogP contribution is -1.81. The van der Waals surface area contributed by atoms with Crippen molar-refractivity contribution >= 4 is 6.08 Å². The van der Waals surface area contributed by atoms with Gasteiger partial charge in [-0.15, -0.1) is 0 Å². The van der Waals surface area contributed by atoms with Crippen molar-refractivity contribution in [3.05, 3.63) is 65.8 Å². The molecule has 0 saturated carbocycles. The van der Waals surface area contributed by atoms with Crippen LogP contribution < -0.4 is 0 Å². The third-order valence-electron chi connectivity index (χ3n) is 2.33. The van der Waals surface area contributed by atoms with Gasteiger partial charge in [0.15, 0.2) is 0 Å². The summed E-state index contributed by atoms with van der Waals surface area (Å²) in [5, 5.41) is 8.64. The van der Waals surface area contributed by atoms with E-state index < -0.39 is 0 Å². The summed E-state index contributed by atoms with van der Waals surface area (Å²) in [5.74, 6) is 0.417. The van der Waals surface area contributed by atoms with Crippen LogP contribution in [0.5, 0.6) is 0 Å². The summed E-state index contributed by atoms with van der Waals surface area (Å²) in [5.41, 5.74) is 1.83. The minimum absolute atomic E-state index is 0.417. The van der Waals surface area contributed by atoms with Gasteiger partial charge in [0.2, 0.25) is 0 Å². The van der Waals surface area contributed by atoms with Crippen molar-refractivity contribution in [3.63, 3.8) is 0 Å². The van der Waals surface area contributed by atoms with Crippen LogP contribution in [0.25, 0.3) is 6.08 Å². The molecule has 1 aromatic rings. The van der Waals surface area contributed by atoms with Gasteiger partial charge in [0, 0.05) is 5.92 Å². The van der Waals surface area contributed by atoms with Crippen molar-refractivity contribution in [2.45, 2.75) is 0 Å². The summed E-state index contributed by atoms with van der Waals surface area (Å²) in [6.45, 7) is 0. The molecule has 72 valence electrons. The Morgan fingerprint density at radius 1 is 1.07 bits per heavy atom. The van der Waals surface area contributed by atoms with Crippen LogP contribution in [0.4, 0.5) is 0 Å². The molecule has 0 N–H and O–H groups in total. The van der Waals surface area contributed by atoms with E-state index in [2.05, 4.69) is 30.4 Å². The number of benzene rings is 1. The van der Waals surface area contributed by atoms with E-state index in [1.165, 1.54) is 0 Å². The Morgan fingerprint density at radius 3 is 2.33 bits per heavy atom. The molecule has 0 radical (unpaired) electrons. The summed E-state index contributed by atoms with van der Waals surface area (Å²) >= 11 is 0. The number of hydrogen-bond donors (Lipinski definition) is 0. The first-order valence-corrected chi connectivity index (χ1v) is 4.92. The van der Waals surface area contributed by atoms with E-state index in [0.29, 0.717) is 11.5 Å². The van der Waals surface area contributed by atoms with E-state index in [0.717, 1.165) is 5.56 Å². The van der Waals surface area contributed by atoms with Crippen LogP contribution in [0.15, 0.2) is 54.6 Å². The number of hydrogen-bond acceptors (Lipinski definition) is 1. The maximum absolute atomic E-state index is 8.64. The number of rotatable bonds is 2. The molecule has 1 aliphatic carbocycles. The first-order valence-electron chi connectivity index (χ1n) is 4.92. The van der Waals surface area contributed by atoms with Gasteiger partial charge in [0.25, 0.3) is 0 Å². The molecular formula is C14H11N. The molecule has 0 bridgehead atoms. The molecule has 15 heavy (non-hydrogen) atoms. The Bertz CT molecular complexity index is 443.